The van der Waals surface area contributed by atoms with Crippen molar-refractivity contribution in [3.8, 4) is 11.3 Å². The number of hydrogen-bond acceptors (Lipinski definition) is 2. The van der Waals surface area contributed by atoms with Gasteiger partial charge in [0, 0.05) is 34.7 Å². The van der Waals surface area contributed by atoms with Gasteiger partial charge in [-0.25, -0.2) is 0 Å². The Hall–Kier alpha value is -3.27. The van der Waals surface area contributed by atoms with E-state index in [4.69, 9.17) is 7.73 Å². The van der Waals surface area contributed by atoms with E-state index in [0.717, 1.165) is 22.0 Å². The van der Waals surface area contributed by atoms with Crippen molar-refractivity contribution in [3.63, 3.8) is 0 Å². The van der Waals surface area contributed by atoms with Crippen LogP contribution in [0.3, 0.4) is 0 Å². The number of nitrogens with zero attached hydrogens (tertiary/aromatic N) is 1. The normalized spacial score (nSPS) is 13.4. The van der Waals surface area contributed by atoms with E-state index in [1.807, 2.05) is 53.8 Å². The van der Waals surface area contributed by atoms with Gasteiger partial charge in [-0.15, -0.1) is 11.3 Å². The minimum absolute atomic E-state index is 0.613. The van der Waals surface area contributed by atoms with Gasteiger partial charge in [0.1, 0.15) is 0 Å². The van der Waals surface area contributed by atoms with Gasteiger partial charge in [-0.1, -0.05) is 97.6 Å². The van der Waals surface area contributed by atoms with Crippen LogP contribution in [0.1, 0.15) is 13.9 Å². The van der Waals surface area contributed by atoms with Crippen LogP contribution >= 0.6 is 11.3 Å². The summed E-state index contributed by atoms with van der Waals surface area (Å²) in [5.74, 6) is 0. The second-order valence-electron chi connectivity index (χ2n) is 9.86. The lowest BCUT2D eigenvalue weighted by atomic mass is 10.00. The minimum atomic E-state index is -1.64. The summed E-state index contributed by atoms with van der Waals surface area (Å²) in [6.45, 7) is 7.14. The fourth-order valence-electron chi connectivity index (χ4n) is 4.56. The number of pyridine rings is 1. The van der Waals surface area contributed by atoms with Gasteiger partial charge < -0.3 is 0 Å². The molecule has 0 atom stereocenters. The quantitative estimate of drug-likeness (QED) is 0.233. The van der Waals surface area contributed by atoms with Crippen molar-refractivity contribution in [1.82, 2.24) is 4.98 Å². The summed E-state index contributed by atoms with van der Waals surface area (Å²) in [6.07, 6.45) is 0.0982. The van der Waals surface area contributed by atoms with Crippen molar-refractivity contribution in [3.05, 3.63) is 108 Å². The summed E-state index contributed by atoms with van der Waals surface area (Å²) < 4.78 is 20.6. The summed E-state index contributed by atoms with van der Waals surface area (Å²) in [5, 5.41) is 6.13. The van der Waals surface area contributed by atoms with Gasteiger partial charge in [0.2, 0.25) is 0 Å². The third-order valence-corrected chi connectivity index (χ3v) is 9.68. The van der Waals surface area contributed by atoms with Crippen LogP contribution in [0.15, 0.2) is 97.2 Å². The lowest BCUT2D eigenvalue weighted by Gasteiger charge is -2.16. The summed E-state index contributed by atoms with van der Waals surface area (Å²) in [5.41, 5.74) is 3.12. The predicted molar refractivity (Wildman–Crippen MR) is 152 cm³/mol. The molecule has 2 aromatic heterocycles. The maximum Gasteiger partial charge on any atom is 0.0776 e. The molecule has 0 fully saturated rings. The Bertz CT molecular complexity index is 1760. The Balaban J connectivity index is 1.47. The average Bonchev–Trinajstić information content (AvgIpc) is 3.26. The Kier molecular flexibility index (Phi) is 4.60. The third kappa shape index (κ3) is 3.85. The second-order valence-corrected chi connectivity index (χ2v) is 16.0. The molecule has 0 radical (unpaired) electrons. The zero-order chi connectivity index (χ0) is 25.1. The zero-order valence-electron chi connectivity index (χ0n) is 21.6. The smallest absolute Gasteiger partial charge is 0.0776 e. The van der Waals surface area contributed by atoms with Gasteiger partial charge in [0.05, 0.1) is 13.8 Å². The molecule has 0 aliphatic rings. The van der Waals surface area contributed by atoms with E-state index in [0.29, 0.717) is 11.1 Å². The molecule has 2 heterocycles. The summed E-state index contributed by atoms with van der Waals surface area (Å²) in [4.78, 5) is 4.69. The molecule has 166 valence electrons. The SMILES string of the molecule is [2H]C([2H])(c1ccnc(-c2cccc3c2sc2cc([Si](C)(C)C)ccc23)c1)c1ccc2ccccc2c1. The minimum Gasteiger partial charge on any atom is -0.256 e. The maximum atomic E-state index is 9.02. The molecule has 0 saturated heterocycles. The third-order valence-electron chi connectivity index (χ3n) is 6.44. The molecule has 6 rings (SSSR count). The lowest BCUT2D eigenvalue weighted by molar-refractivity contribution is 1.17. The summed E-state index contributed by atoms with van der Waals surface area (Å²) >= 11 is 1.81. The highest BCUT2D eigenvalue weighted by molar-refractivity contribution is 7.26. The molecule has 1 nitrogen and oxygen atoms in total. The summed E-state index contributed by atoms with van der Waals surface area (Å²) in [7, 11) is -1.40. The van der Waals surface area contributed by atoms with Crippen molar-refractivity contribution in [1.29, 1.82) is 0 Å². The molecule has 34 heavy (non-hydrogen) atoms. The molecule has 0 N–H and O–H groups in total. The molecule has 0 aliphatic carbocycles. The van der Waals surface area contributed by atoms with Crippen LogP contribution in [0.25, 0.3) is 42.2 Å². The van der Waals surface area contributed by atoms with Crippen LogP contribution in [-0.2, 0) is 6.37 Å². The summed E-state index contributed by atoms with van der Waals surface area (Å²) in [6, 6.07) is 31.0. The molecule has 0 aliphatic heterocycles. The standard InChI is InChI=1S/C31H27NSSi/c1-34(2,3)25-13-14-26-27-9-6-10-28(31(27)33-30(26)20-25)29-19-22(15-16-32-29)17-21-11-12-23-7-4-5-8-24(23)18-21/h4-16,18-20H,17H2,1-3H3/i17D2. The molecule has 0 amide bonds. The molecular weight excluding hydrogens is 447 g/mol. The van der Waals surface area contributed by atoms with E-state index < -0.39 is 14.4 Å². The first-order valence-corrected chi connectivity index (χ1v) is 16.0. The number of aromatic nitrogens is 1. The van der Waals surface area contributed by atoms with E-state index >= 15 is 0 Å². The first-order chi connectivity index (χ1) is 17.2. The average molecular weight is 476 g/mol. The number of benzene rings is 4. The lowest BCUT2D eigenvalue weighted by Crippen LogP contribution is -2.37. The van der Waals surface area contributed by atoms with Crippen LogP contribution < -0.4 is 5.19 Å². The first-order valence-electron chi connectivity index (χ1n) is 12.6. The van der Waals surface area contributed by atoms with E-state index in [2.05, 4.69) is 62.1 Å². The van der Waals surface area contributed by atoms with E-state index in [1.165, 1.54) is 25.4 Å². The maximum absolute atomic E-state index is 9.02. The number of thiophene rings is 1. The molecule has 0 saturated carbocycles. The Morgan fingerprint density at radius 1 is 0.765 bits per heavy atom. The van der Waals surface area contributed by atoms with Crippen LogP contribution in [0, 0.1) is 0 Å². The second kappa shape index (κ2) is 8.19. The van der Waals surface area contributed by atoms with E-state index in [9.17, 15) is 0 Å². The van der Waals surface area contributed by atoms with Gasteiger partial charge in [0.15, 0.2) is 0 Å². The molecule has 0 spiro atoms. The van der Waals surface area contributed by atoms with Gasteiger partial charge in [0.25, 0.3) is 0 Å². The fraction of sp³-hybridized carbons (Fsp3) is 0.129. The van der Waals surface area contributed by atoms with Crippen LogP contribution in [0.5, 0.6) is 0 Å². The largest absolute Gasteiger partial charge is 0.256 e. The van der Waals surface area contributed by atoms with E-state index in [1.54, 1.807) is 12.3 Å². The molecule has 0 bridgehead atoms. The van der Waals surface area contributed by atoms with Crippen molar-refractivity contribution < 1.29 is 2.74 Å². The van der Waals surface area contributed by atoms with Gasteiger partial charge in [-0.3, -0.25) is 4.98 Å². The monoisotopic (exact) mass is 475 g/mol. The van der Waals surface area contributed by atoms with Gasteiger partial charge >= 0.3 is 0 Å². The van der Waals surface area contributed by atoms with Crippen LogP contribution in [0.4, 0.5) is 0 Å². The highest BCUT2D eigenvalue weighted by Crippen LogP contribution is 2.39. The van der Waals surface area contributed by atoms with Crippen LogP contribution in [0.2, 0.25) is 19.6 Å². The molecule has 0 unspecified atom stereocenters. The zero-order valence-corrected chi connectivity index (χ0v) is 21.4. The number of hydrogen-bond donors (Lipinski definition) is 0. The highest BCUT2D eigenvalue weighted by Gasteiger charge is 2.18. The van der Waals surface area contributed by atoms with E-state index in [-0.39, 0.29) is 0 Å². The Morgan fingerprint density at radius 3 is 2.44 bits per heavy atom. The van der Waals surface area contributed by atoms with Crippen molar-refractivity contribution >= 4 is 55.5 Å². The fourth-order valence-corrected chi connectivity index (χ4v) is 7.09. The topological polar surface area (TPSA) is 12.9 Å². The van der Waals surface area contributed by atoms with Crippen molar-refractivity contribution in [2.45, 2.75) is 26.0 Å². The first kappa shape index (κ1) is 19.1. The predicted octanol–water partition coefficient (Wildman–Crippen LogP) is 8.41. The van der Waals surface area contributed by atoms with Crippen LogP contribution in [-0.4, -0.2) is 13.1 Å². The highest BCUT2D eigenvalue weighted by atomic mass is 32.1. The molecular formula is C31H27NSSi. The number of rotatable bonds is 4. The van der Waals surface area contributed by atoms with Gasteiger partial charge in [-0.2, -0.15) is 0 Å². The number of fused-ring (bicyclic) bond motifs is 4. The molecule has 3 heteroatoms. The Morgan fingerprint density at radius 2 is 1.59 bits per heavy atom. The molecule has 4 aromatic carbocycles. The van der Waals surface area contributed by atoms with Gasteiger partial charge in [-0.05, 0) is 46.5 Å². The molecule has 6 aromatic rings. The van der Waals surface area contributed by atoms with Crippen molar-refractivity contribution in [2.24, 2.45) is 0 Å². The van der Waals surface area contributed by atoms with Crippen molar-refractivity contribution in [2.75, 3.05) is 0 Å². The Labute approximate surface area is 208 Å².